The van der Waals surface area contributed by atoms with E-state index in [2.05, 4.69) is 0 Å². The Morgan fingerprint density at radius 2 is 2.08 bits per heavy atom. The summed E-state index contributed by atoms with van der Waals surface area (Å²) in [5, 5.41) is 0. The van der Waals surface area contributed by atoms with Crippen molar-refractivity contribution in [1.82, 2.24) is 0 Å². The van der Waals surface area contributed by atoms with Crippen LogP contribution in [0.4, 0.5) is 4.39 Å². The number of fused-ring (bicyclic) bond motifs is 1. The van der Waals surface area contributed by atoms with Crippen LogP contribution in [0.15, 0.2) is 18.2 Å². The fourth-order valence-electron chi connectivity index (χ4n) is 1.91. The van der Waals surface area contributed by atoms with E-state index in [0.717, 1.165) is 5.56 Å². The largest absolute Gasteiger partial charge is 0.294 e. The first-order valence-electron chi connectivity index (χ1n) is 4.34. The molecule has 0 aromatic heterocycles. The van der Waals surface area contributed by atoms with Crippen molar-refractivity contribution in [3.8, 4) is 0 Å². The Kier molecular flexibility index (Phi) is 1.56. The van der Waals surface area contributed by atoms with Gasteiger partial charge in [-0.05, 0) is 29.2 Å². The van der Waals surface area contributed by atoms with Crippen LogP contribution in [0.25, 0.3) is 0 Å². The van der Waals surface area contributed by atoms with Gasteiger partial charge in [0.15, 0.2) is 5.78 Å². The lowest BCUT2D eigenvalue weighted by Gasteiger charge is -2.17. The molecule has 1 nitrogen and oxygen atoms in total. The van der Waals surface area contributed by atoms with Gasteiger partial charge in [-0.25, -0.2) is 4.39 Å². The van der Waals surface area contributed by atoms with E-state index in [1.807, 2.05) is 13.8 Å². The third-order valence-corrected chi connectivity index (χ3v) is 2.61. The van der Waals surface area contributed by atoms with Crippen molar-refractivity contribution in [2.24, 2.45) is 0 Å². The topological polar surface area (TPSA) is 17.1 Å². The molecular formula is C11H11FO. The predicted octanol–water partition coefficient (Wildman–Crippen LogP) is 2.69. The SMILES string of the molecule is CC1(C)CC(=O)c2ccc(F)cc21. The monoisotopic (exact) mass is 178 g/mol. The minimum Gasteiger partial charge on any atom is -0.294 e. The van der Waals surface area contributed by atoms with Gasteiger partial charge in [0, 0.05) is 12.0 Å². The molecule has 2 heteroatoms. The van der Waals surface area contributed by atoms with Gasteiger partial charge >= 0.3 is 0 Å². The van der Waals surface area contributed by atoms with E-state index >= 15 is 0 Å². The Morgan fingerprint density at radius 1 is 1.38 bits per heavy atom. The fraction of sp³-hybridized carbons (Fsp3) is 0.364. The first-order chi connectivity index (χ1) is 6.00. The molecule has 1 aliphatic rings. The molecule has 0 unspecified atom stereocenters. The second-order valence-corrected chi connectivity index (χ2v) is 4.17. The van der Waals surface area contributed by atoms with Crippen LogP contribution in [-0.4, -0.2) is 5.78 Å². The highest BCUT2D eigenvalue weighted by Crippen LogP contribution is 2.38. The van der Waals surface area contributed by atoms with Crippen LogP contribution in [0.1, 0.15) is 36.2 Å². The number of Topliss-reactive ketones (excluding diaryl/α,β-unsaturated/α-hetero) is 1. The second kappa shape index (κ2) is 2.41. The lowest BCUT2D eigenvalue weighted by atomic mass is 9.87. The van der Waals surface area contributed by atoms with Crippen LogP contribution < -0.4 is 0 Å². The van der Waals surface area contributed by atoms with Crippen molar-refractivity contribution < 1.29 is 9.18 Å². The molecule has 0 fully saturated rings. The van der Waals surface area contributed by atoms with Crippen LogP contribution in [0.5, 0.6) is 0 Å². The molecule has 0 spiro atoms. The van der Waals surface area contributed by atoms with Crippen LogP contribution in [-0.2, 0) is 5.41 Å². The summed E-state index contributed by atoms with van der Waals surface area (Å²) < 4.78 is 12.9. The number of hydrogen-bond acceptors (Lipinski definition) is 1. The summed E-state index contributed by atoms with van der Waals surface area (Å²) in [6, 6.07) is 4.40. The fourth-order valence-corrected chi connectivity index (χ4v) is 1.91. The number of hydrogen-bond donors (Lipinski definition) is 0. The molecule has 0 heterocycles. The van der Waals surface area contributed by atoms with Crippen molar-refractivity contribution in [3.63, 3.8) is 0 Å². The molecule has 68 valence electrons. The van der Waals surface area contributed by atoms with E-state index in [9.17, 15) is 9.18 Å². The molecule has 0 N–H and O–H groups in total. The Hall–Kier alpha value is -1.18. The second-order valence-electron chi connectivity index (χ2n) is 4.17. The molecule has 0 radical (unpaired) electrons. The average Bonchev–Trinajstić information content (AvgIpc) is 2.23. The highest BCUT2D eigenvalue weighted by atomic mass is 19.1. The molecule has 1 aromatic carbocycles. The van der Waals surface area contributed by atoms with Crippen LogP contribution in [0.2, 0.25) is 0 Å². The number of ketones is 1. The Labute approximate surface area is 76.6 Å². The normalized spacial score (nSPS) is 18.8. The number of carbonyl (C=O) groups excluding carboxylic acids is 1. The maximum Gasteiger partial charge on any atom is 0.164 e. The van der Waals surface area contributed by atoms with E-state index in [1.165, 1.54) is 12.1 Å². The van der Waals surface area contributed by atoms with Gasteiger partial charge in [0.1, 0.15) is 5.82 Å². The van der Waals surface area contributed by atoms with Gasteiger partial charge in [0.05, 0.1) is 0 Å². The van der Waals surface area contributed by atoms with E-state index in [1.54, 1.807) is 6.07 Å². The van der Waals surface area contributed by atoms with Gasteiger partial charge in [-0.2, -0.15) is 0 Å². The Morgan fingerprint density at radius 3 is 2.77 bits per heavy atom. The smallest absolute Gasteiger partial charge is 0.164 e. The van der Waals surface area contributed by atoms with Crippen LogP contribution in [0, 0.1) is 5.82 Å². The number of rotatable bonds is 0. The van der Waals surface area contributed by atoms with Gasteiger partial charge in [-0.15, -0.1) is 0 Å². The van der Waals surface area contributed by atoms with Crippen molar-refractivity contribution >= 4 is 5.78 Å². The first kappa shape index (κ1) is 8.42. The molecule has 0 atom stereocenters. The zero-order valence-corrected chi connectivity index (χ0v) is 7.73. The lowest BCUT2D eigenvalue weighted by Crippen LogP contribution is -2.12. The van der Waals surface area contributed by atoms with E-state index in [0.29, 0.717) is 12.0 Å². The zero-order chi connectivity index (χ0) is 9.64. The Balaban J connectivity index is 2.66. The third kappa shape index (κ3) is 1.17. The number of carbonyl (C=O) groups is 1. The van der Waals surface area contributed by atoms with Crippen LogP contribution >= 0.6 is 0 Å². The average molecular weight is 178 g/mol. The first-order valence-corrected chi connectivity index (χ1v) is 4.34. The van der Waals surface area contributed by atoms with Gasteiger partial charge < -0.3 is 0 Å². The maximum atomic E-state index is 12.9. The maximum absolute atomic E-state index is 12.9. The standard InChI is InChI=1S/C11H11FO/c1-11(2)6-10(13)8-4-3-7(12)5-9(8)11/h3-5H,6H2,1-2H3. The third-order valence-electron chi connectivity index (χ3n) is 2.61. The predicted molar refractivity (Wildman–Crippen MR) is 48.4 cm³/mol. The molecule has 1 aromatic rings. The van der Waals surface area contributed by atoms with Crippen molar-refractivity contribution in [3.05, 3.63) is 35.1 Å². The molecule has 0 aliphatic heterocycles. The number of halogens is 1. The van der Waals surface area contributed by atoms with E-state index in [4.69, 9.17) is 0 Å². The summed E-state index contributed by atoms with van der Waals surface area (Å²) in [5.74, 6) is -0.137. The summed E-state index contributed by atoms with van der Waals surface area (Å²) >= 11 is 0. The summed E-state index contributed by atoms with van der Waals surface area (Å²) in [7, 11) is 0. The molecule has 0 saturated heterocycles. The minimum atomic E-state index is -0.262. The van der Waals surface area contributed by atoms with E-state index < -0.39 is 0 Å². The molecule has 13 heavy (non-hydrogen) atoms. The molecule has 0 saturated carbocycles. The summed E-state index contributed by atoms with van der Waals surface area (Å²) in [5.41, 5.74) is 1.33. The quantitative estimate of drug-likeness (QED) is 0.597. The van der Waals surface area contributed by atoms with Gasteiger partial charge in [0.25, 0.3) is 0 Å². The van der Waals surface area contributed by atoms with Gasteiger partial charge in [-0.3, -0.25) is 4.79 Å². The highest BCUT2D eigenvalue weighted by Gasteiger charge is 2.35. The Bertz CT molecular complexity index is 380. The van der Waals surface area contributed by atoms with Crippen molar-refractivity contribution in [2.45, 2.75) is 25.7 Å². The zero-order valence-electron chi connectivity index (χ0n) is 7.73. The molecule has 0 bridgehead atoms. The van der Waals surface area contributed by atoms with Crippen LogP contribution in [0.3, 0.4) is 0 Å². The van der Waals surface area contributed by atoms with Gasteiger partial charge in [-0.1, -0.05) is 13.8 Å². The highest BCUT2D eigenvalue weighted by molar-refractivity contribution is 6.02. The molecule has 0 amide bonds. The van der Waals surface area contributed by atoms with Crippen molar-refractivity contribution in [1.29, 1.82) is 0 Å². The summed E-state index contributed by atoms with van der Waals surface area (Å²) in [4.78, 5) is 11.5. The molecule has 2 rings (SSSR count). The minimum absolute atomic E-state index is 0.125. The van der Waals surface area contributed by atoms with Gasteiger partial charge in [0.2, 0.25) is 0 Å². The van der Waals surface area contributed by atoms with Crippen molar-refractivity contribution in [2.75, 3.05) is 0 Å². The van der Waals surface area contributed by atoms with E-state index in [-0.39, 0.29) is 17.0 Å². The lowest BCUT2D eigenvalue weighted by molar-refractivity contribution is 0.0979. The summed E-state index contributed by atoms with van der Waals surface area (Å²) in [6.07, 6.45) is 0.492. The molecule has 1 aliphatic carbocycles. The summed E-state index contributed by atoms with van der Waals surface area (Å²) in [6.45, 7) is 3.94. The molecular weight excluding hydrogens is 167 g/mol. The number of benzene rings is 1.